The Morgan fingerprint density at radius 3 is 3.00 bits per heavy atom. The van der Waals surface area contributed by atoms with E-state index in [4.69, 9.17) is 9.52 Å². The molecule has 1 atom stereocenters. The molecule has 2 aromatic rings. The van der Waals surface area contributed by atoms with E-state index in [0.29, 0.717) is 0 Å². The summed E-state index contributed by atoms with van der Waals surface area (Å²) in [5, 5.41) is 19.7. The number of benzene rings is 1. The average Bonchev–Trinajstić information content (AvgIpc) is 2.95. The number of fused-ring (bicyclic) bond motifs is 3. The first-order valence-corrected chi connectivity index (χ1v) is 6.59. The predicted octanol–water partition coefficient (Wildman–Crippen LogP) is 2.82. The molecule has 0 amide bonds. The quantitative estimate of drug-likeness (QED) is 0.886. The maximum absolute atomic E-state index is 10.5. The maximum Gasteiger partial charge on any atom is 0.303 e. The minimum atomic E-state index is -0.892. The van der Waals surface area contributed by atoms with Crippen molar-refractivity contribution in [3.63, 3.8) is 0 Å². The van der Waals surface area contributed by atoms with Crippen LogP contribution >= 0.6 is 0 Å². The Labute approximate surface area is 110 Å². The van der Waals surface area contributed by atoms with Crippen molar-refractivity contribution in [3.8, 4) is 0 Å². The van der Waals surface area contributed by atoms with E-state index >= 15 is 0 Å². The molecule has 4 heteroatoms. The van der Waals surface area contributed by atoms with E-state index < -0.39 is 12.1 Å². The third kappa shape index (κ3) is 2.24. The summed E-state index contributed by atoms with van der Waals surface area (Å²) in [6.45, 7) is 0. The zero-order valence-corrected chi connectivity index (χ0v) is 10.6. The van der Waals surface area contributed by atoms with Gasteiger partial charge in [-0.3, -0.25) is 4.79 Å². The fraction of sp³-hybridized carbons (Fsp3) is 0.400. The van der Waals surface area contributed by atoms with Crippen LogP contribution in [0.5, 0.6) is 0 Å². The summed E-state index contributed by atoms with van der Waals surface area (Å²) in [5.74, 6) is 0.171. The topological polar surface area (TPSA) is 70.7 Å². The van der Waals surface area contributed by atoms with Crippen molar-refractivity contribution in [3.05, 3.63) is 35.1 Å². The molecule has 0 spiro atoms. The molecule has 3 rings (SSSR count). The third-order valence-electron chi connectivity index (χ3n) is 3.75. The second-order valence-corrected chi connectivity index (χ2v) is 5.06. The van der Waals surface area contributed by atoms with Gasteiger partial charge in [-0.2, -0.15) is 0 Å². The van der Waals surface area contributed by atoms with Gasteiger partial charge in [-0.05, 0) is 30.9 Å². The van der Waals surface area contributed by atoms with Gasteiger partial charge in [-0.15, -0.1) is 0 Å². The van der Waals surface area contributed by atoms with Gasteiger partial charge in [0.25, 0.3) is 0 Å². The monoisotopic (exact) mass is 260 g/mol. The first-order chi connectivity index (χ1) is 9.15. The molecule has 1 aromatic heterocycles. The molecule has 4 nitrogen and oxygen atoms in total. The highest BCUT2D eigenvalue weighted by Gasteiger charge is 2.20. The zero-order valence-electron chi connectivity index (χ0n) is 10.6. The van der Waals surface area contributed by atoms with Crippen molar-refractivity contribution < 1.29 is 19.4 Å². The average molecular weight is 260 g/mol. The van der Waals surface area contributed by atoms with Crippen LogP contribution in [0.2, 0.25) is 0 Å². The first-order valence-electron chi connectivity index (χ1n) is 6.59. The van der Waals surface area contributed by atoms with Crippen molar-refractivity contribution in [2.75, 3.05) is 0 Å². The summed E-state index contributed by atoms with van der Waals surface area (Å²) in [6, 6.07) is 5.67. The molecule has 19 heavy (non-hydrogen) atoms. The molecule has 0 fully saturated rings. The number of hydrogen-bond donors (Lipinski definition) is 2. The minimum Gasteiger partial charge on any atom is -0.481 e. The van der Waals surface area contributed by atoms with Crippen LogP contribution in [-0.2, 0) is 17.6 Å². The summed E-state index contributed by atoms with van der Waals surface area (Å²) in [6.07, 6.45) is 2.63. The van der Waals surface area contributed by atoms with E-state index in [1.54, 1.807) is 0 Å². The van der Waals surface area contributed by atoms with Crippen LogP contribution < -0.4 is 0 Å². The third-order valence-corrected chi connectivity index (χ3v) is 3.75. The van der Waals surface area contributed by atoms with Crippen molar-refractivity contribution >= 4 is 16.9 Å². The smallest absolute Gasteiger partial charge is 0.303 e. The number of aliphatic hydroxyl groups excluding tert-OH is 1. The van der Waals surface area contributed by atoms with Gasteiger partial charge in [0.05, 0.1) is 6.10 Å². The lowest BCUT2D eigenvalue weighted by molar-refractivity contribution is -0.137. The minimum absolute atomic E-state index is 0.0339. The maximum atomic E-state index is 10.5. The van der Waals surface area contributed by atoms with Crippen LogP contribution in [0, 0.1) is 0 Å². The summed E-state index contributed by atoms with van der Waals surface area (Å²) in [7, 11) is 0. The van der Waals surface area contributed by atoms with Gasteiger partial charge in [0.1, 0.15) is 11.3 Å². The molecule has 0 aliphatic heterocycles. The molecule has 1 unspecified atom stereocenters. The van der Waals surface area contributed by atoms with Crippen LogP contribution in [0.1, 0.15) is 42.3 Å². The number of aryl methyl sites for hydroxylation is 2. The van der Waals surface area contributed by atoms with E-state index in [1.165, 1.54) is 5.56 Å². The summed E-state index contributed by atoms with van der Waals surface area (Å²) in [5.41, 5.74) is 2.82. The Bertz CT molecular complexity index is 626. The van der Waals surface area contributed by atoms with Gasteiger partial charge < -0.3 is 14.6 Å². The number of rotatable bonds is 4. The van der Waals surface area contributed by atoms with Gasteiger partial charge in [-0.1, -0.05) is 12.1 Å². The van der Waals surface area contributed by atoms with E-state index in [0.717, 1.165) is 41.6 Å². The van der Waals surface area contributed by atoms with Gasteiger partial charge >= 0.3 is 5.97 Å². The molecule has 1 aromatic carbocycles. The number of aliphatic carboxylic acids is 1. The van der Waals surface area contributed by atoms with Crippen LogP contribution in [0.25, 0.3) is 11.0 Å². The van der Waals surface area contributed by atoms with Crippen LogP contribution in [0.15, 0.2) is 22.6 Å². The number of carbonyl (C=O) groups is 1. The van der Waals surface area contributed by atoms with Gasteiger partial charge in [-0.25, -0.2) is 0 Å². The van der Waals surface area contributed by atoms with Gasteiger partial charge in [0.15, 0.2) is 0 Å². The summed E-state index contributed by atoms with van der Waals surface area (Å²) in [4.78, 5) is 10.5. The Hall–Kier alpha value is -1.81. The fourth-order valence-corrected chi connectivity index (χ4v) is 2.75. The van der Waals surface area contributed by atoms with E-state index in [-0.39, 0.29) is 12.8 Å². The largest absolute Gasteiger partial charge is 0.481 e. The van der Waals surface area contributed by atoms with Gasteiger partial charge in [0.2, 0.25) is 0 Å². The number of hydrogen-bond acceptors (Lipinski definition) is 3. The Morgan fingerprint density at radius 2 is 2.21 bits per heavy atom. The molecule has 1 aliphatic carbocycles. The fourth-order valence-electron chi connectivity index (χ4n) is 2.75. The van der Waals surface area contributed by atoms with Crippen molar-refractivity contribution in [2.24, 2.45) is 0 Å². The summed E-state index contributed by atoms with van der Waals surface area (Å²) < 4.78 is 5.80. The first kappa shape index (κ1) is 12.2. The Morgan fingerprint density at radius 1 is 1.37 bits per heavy atom. The van der Waals surface area contributed by atoms with E-state index in [1.807, 2.05) is 18.2 Å². The SMILES string of the molecule is O=C(O)CCC(O)c1ccc2c3c(oc2c1)CCC3. The molecular formula is C15H16O4. The van der Waals surface area contributed by atoms with E-state index in [2.05, 4.69) is 0 Å². The van der Waals surface area contributed by atoms with Crippen molar-refractivity contribution in [2.45, 2.75) is 38.2 Å². The van der Waals surface area contributed by atoms with Crippen molar-refractivity contribution in [1.29, 1.82) is 0 Å². The lowest BCUT2D eigenvalue weighted by Crippen LogP contribution is -2.02. The summed E-state index contributed by atoms with van der Waals surface area (Å²) >= 11 is 0. The van der Waals surface area contributed by atoms with Gasteiger partial charge in [0, 0.05) is 23.8 Å². The Balaban J connectivity index is 1.87. The highest BCUT2D eigenvalue weighted by Crippen LogP contribution is 2.34. The molecular weight excluding hydrogens is 244 g/mol. The number of carboxylic acid groups (broad SMARTS) is 1. The second kappa shape index (κ2) is 4.70. The highest BCUT2D eigenvalue weighted by atomic mass is 16.4. The normalized spacial score (nSPS) is 15.6. The molecule has 0 bridgehead atoms. The lowest BCUT2D eigenvalue weighted by Gasteiger charge is -2.09. The van der Waals surface area contributed by atoms with Crippen LogP contribution in [-0.4, -0.2) is 16.2 Å². The predicted molar refractivity (Wildman–Crippen MR) is 70.1 cm³/mol. The highest BCUT2D eigenvalue weighted by molar-refractivity contribution is 5.83. The molecule has 100 valence electrons. The molecule has 2 N–H and O–H groups in total. The van der Waals surface area contributed by atoms with Crippen LogP contribution in [0.4, 0.5) is 0 Å². The lowest BCUT2D eigenvalue weighted by atomic mass is 10.0. The second-order valence-electron chi connectivity index (χ2n) is 5.06. The van der Waals surface area contributed by atoms with Crippen molar-refractivity contribution in [1.82, 2.24) is 0 Å². The molecule has 0 radical (unpaired) electrons. The van der Waals surface area contributed by atoms with E-state index in [9.17, 15) is 9.90 Å². The number of carboxylic acids is 1. The number of furan rings is 1. The molecule has 1 heterocycles. The molecule has 1 aliphatic rings. The Kier molecular flexibility index (Phi) is 3.03. The molecule has 0 saturated carbocycles. The standard InChI is InChI=1S/C15H16O4/c16-12(6-7-15(17)18)9-4-5-11-10-2-1-3-13(10)19-14(11)8-9/h4-5,8,12,16H,1-3,6-7H2,(H,17,18). The zero-order chi connectivity index (χ0) is 13.4. The number of aliphatic hydroxyl groups is 1. The van der Waals surface area contributed by atoms with Crippen LogP contribution in [0.3, 0.4) is 0 Å². The molecule has 0 saturated heterocycles.